The maximum absolute atomic E-state index is 12.1. The second-order valence-electron chi connectivity index (χ2n) is 4.94. The number of rotatable bonds is 1. The lowest BCUT2D eigenvalue weighted by molar-refractivity contribution is 0.178. The van der Waals surface area contributed by atoms with Gasteiger partial charge in [-0.15, -0.1) is 0 Å². The third kappa shape index (κ3) is 2.33. The molecule has 0 radical (unpaired) electrons. The van der Waals surface area contributed by atoms with Crippen LogP contribution in [-0.2, 0) is 17.8 Å². The lowest BCUT2D eigenvalue weighted by Crippen LogP contribution is -2.43. The molecule has 19 heavy (non-hydrogen) atoms. The van der Waals surface area contributed by atoms with Crippen molar-refractivity contribution in [2.75, 3.05) is 13.2 Å². The Morgan fingerprint density at radius 3 is 3.11 bits per heavy atom. The normalized spacial score (nSPS) is 21.5. The predicted molar refractivity (Wildman–Crippen MR) is 66.6 cm³/mol. The van der Waals surface area contributed by atoms with Crippen molar-refractivity contribution in [3.8, 4) is 0 Å². The van der Waals surface area contributed by atoms with Crippen LogP contribution in [0.15, 0.2) is 4.79 Å². The molecule has 0 aromatic carbocycles. The molecule has 2 amide bonds. The quantitative estimate of drug-likeness (QED) is 0.741. The van der Waals surface area contributed by atoms with Gasteiger partial charge in [-0.2, -0.15) is 0 Å². The van der Waals surface area contributed by atoms with Gasteiger partial charge in [0, 0.05) is 6.61 Å². The van der Waals surface area contributed by atoms with Crippen LogP contribution in [0.2, 0.25) is 0 Å². The zero-order chi connectivity index (χ0) is 13.4. The molecule has 7 heteroatoms. The van der Waals surface area contributed by atoms with Crippen molar-refractivity contribution in [3.05, 3.63) is 27.4 Å². The highest BCUT2D eigenvalue weighted by Gasteiger charge is 2.29. The molecule has 2 aliphatic heterocycles. The summed E-state index contributed by atoms with van der Waals surface area (Å²) < 4.78 is 5.22. The Morgan fingerprint density at radius 1 is 1.53 bits per heavy atom. The maximum atomic E-state index is 12.1. The first kappa shape index (κ1) is 12.2. The number of ether oxygens (including phenoxy) is 1. The summed E-state index contributed by atoms with van der Waals surface area (Å²) in [6.45, 7) is 3.69. The molecule has 0 unspecified atom stereocenters. The Morgan fingerprint density at radius 2 is 2.37 bits per heavy atom. The molecule has 1 aromatic rings. The zero-order valence-corrected chi connectivity index (χ0v) is 10.7. The van der Waals surface area contributed by atoms with E-state index in [1.807, 2.05) is 0 Å². The summed E-state index contributed by atoms with van der Waals surface area (Å²) in [5.41, 5.74) is 1.13. The molecule has 2 N–H and O–H groups in total. The SMILES string of the molecule is Cc1nc2c(c(=O)[nH]1)CN(C(=O)N[C@H]1CCOC1)C2. The van der Waals surface area contributed by atoms with E-state index in [-0.39, 0.29) is 17.6 Å². The van der Waals surface area contributed by atoms with E-state index in [0.29, 0.717) is 43.4 Å². The molecule has 1 fully saturated rings. The topological polar surface area (TPSA) is 87.3 Å². The number of hydrogen-bond acceptors (Lipinski definition) is 4. The number of aryl methyl sites for hydroxylation is 1. The van der Waals surface area contributed by atoms with E-state index in [2.05, 4.69) is 15.3 Å². The van der Waals surface area contributed by atoms with Crippen molar-refractivity contribution >= 4 is 6.03 Å². The van der Waals surface area contributed by atoms with Crippen LogP contribution in [0.5, 0.6) is 0 Å². The highest BCUT2D eigenvalue weighted by atomic mass is 16.5. The number of nitrogens with one attached hydrogen (secondary N) is 2. The minimum atomic E-state index is -0.162. The molecule has 3 rings (SSSR count). The van der Waals surface area contributed by atoms with Gasteiger partial charge in [0.25, 0.3) is 5.56 Å². The fraction of sp³-hybridized carbons (Fsp3) is 0.583. The van der Waals surface area contributed by atoms with E-state index in [9.17, 15) is 9.59 Å². The molecular weight excluding hydrogens is 248 g/mol. The Bertz CT molecular complexity index is 563. The lowest BCUT2D eigenvalue weighted by atomic mass is 10.3. The summed E-state index contributed by atoms with van der Waals surface area (Å²) >= 11 is 0. The van der Waals surface area contributed by atoms with E-state index >= 15 is 0 Å². The molecule has 0 saturated carbocycles. The van der Waals surface area contributed by atoms with Crippen LogP contribution in [0.25, 0.3) is 0 Å². The summed E-state index contributed by atoms with van der Waals surface area (Å²) in [5.74, 6) is 0.579. The second kappa shape index (κ2) is 4.65. The third-order valence-electron chi connectivity index (χ3n) is 3.45. The van der Waals surface area contributed by atoms with E-state index in [0.717, 1.165) is 6.42 Å². The molecule has 1 atom stereocenters. The lowest BCUT2D eigenvalue weighted by Gasteiger charge is -2.18. The zero-order valence-electron chi connectivity index (χ0n) is 10.7. The van der Waals surface area contributed by atoms with Crippen molar-refractivity contribution < 1.29 is 9.53 Å². The number of fused-ring (bicyclic) bond motifs is 1. The number of nitrogens with zero attached hydrogens (tertiary/aromatic N) is 2. The Hall–Kier alpha value is -1.89. The van der Waals surface area contributed by atoms with Gasteiger partial charge in [0.1, 0.15) is 5.82 Å². The molecule has 3 heterocycles. The number of hydrogen-bond donors (Lipinski definition) is 2. The third-order valence-corrected chi connectivity index (χ3v) is 3.45. The molecule has 2 aliphatic rings. The van der Waals surface area contributed by atoms with Crippen LogP contribution in [0.3, 0.4) is 0 Å². The average molecular weight is 264 g/mol. The summed E-state index contributed by atoms with van der Waals surface area (Å²) in [5, 5.41) is 2.91. The number of carbonyl (C=O) groups excluding carboxylic acids is 1. The standard InChI is InChI=1S/C12H16N4O3/c1-7-13-10-5-16(4-9(10)11(17)14-7)12(18)15-8-2-3-19-6-8/h8H,2-6H2,1H3,(H,15,18)(H,13,14,17)/t8-/m0/s1. The molecule has 7 nitrogen and oxygen atoms in total. The number of aromatic nitrogens is 2. The highest BCUT2D eigenvalue weighted by Crippen LogP contribution is 2.17. The van der Waals surface area contributed by atoms with Gasteiger partial charge in [-0.3, -0.25) is 4.79 Å². The van der Waals surface area contributed by atoms with E-state index in [4.69, 9.17) is 4.74 Å². The first-order chi connectivity index (χ1) is 9.13. The number of urea groups is 1. The Balaban J connectivity index is 1.71. The molecule has 102 valence electrons. The Labute approximate surface area is 110 Å². The average Bonchev–Trinajstić information content (AvgIpc) is 2.97. The number of amides is 2. The molecule has 1 saturated heterocycles. The van der Waals surface area contributed by atoms with Crippen LogP contribution in [0.1, 0.15) is 23.5 Å². The van der Waals surface area contributed by atoms with Crippen molar-refractivity contribution in [1.29, 1.82) is 0 Å². The molecule has 0 aliphatic carbocycles. The Kier molecular flexibility index (Phi) is 2.98. The smallest absolute Gasteiger partial charge is 0.318 e. The number of carbonyl (C=O) groups is 1. The van der Waals surface area contributed by atoms with E-state index < -0.39 is 0 Å². The van der Waals surface area contributed by atoms with Gasteiger partial charge in [0.05, 0.1) is 37.0 Å². The van der Waals surface area contributed by atoms with Crippen molar-refractivity contribution in [2.24, 2.45) is 0 Å². The van der Waals surface area contributed by atoms with Crippen LogP contribution in [-0.4, -0.2) is 40.2 Å². The van der Waals surface area contributed by atoms with Crippen LogP contribution in [0.4, 0.5) is 4.79 Å². The highest BCUT2D eigenvalue weighted by molar-refractivity contribution is 5.75. The molecule has 0 bridgehead atoms. The largest absolute Gasteiger partial charge is 0.379 e. The van der Waals surface area contributed by atoms with Crippen molar-refractivity contribution in [2.45, 2.75) is 32.5 Å². The van der Waals surface area contributed by atoms with Crippen molar-refractivity contribution in [3.63, 3.8) is 0 Å². The fourth-order valence-corrected chi connectivity index (χ4v) is 2.45. The first-order valence-electron chi connectivity index (χ1n) is 6.35. The summed E-state index contributed by atoms with van der Waals surface area (Å²) in [6.07, 6.45) is 0.838. The minimum Gasteiger partial charge on any atom is -0.379 e. The van der Waals surface area contributed by atoms with Gasteiger partial charge in [0.2, 0.25) is 0 Å². The van der Waals surface area contributed by atoms with Crippen LogP contribution in [0, 0.1) is 6.92 Å². The second-order valence-corrected chi connectivity index (χ2v) is 4.94. The van der Waals surface area contributed by atoms with Gasteiger partial charge >= 0.3 is 6.03 Å². The van der Waals surface area contributed by atoms with Crippen molar-refractivity contribution in [1.82, 2.24) is 20.2 Å². The predicted octanol–water partition coefficient (Wildman–Crippen LogP) is -0.108. The van der Waals surface area contributed by atoms with Crippen LogP contribution < -0.4 is 10.9 Å². The van der Waals surface area contributed by atoms with Gasteiger partial charge in [-0.1, -0.05) is 0 Å². The van der Waals surface area contributed by atoms with E-state index in [1.165, 1.54) is 0 Å². The van der Waals surface area contributed by atoms with E-state index in [1.54, 1.807) is 11.8 Å². The fourth-order valence-electron chi connectivity index (χ4n) is 2.45. The molecule has 1 aromatic heterocycles. The number of aromatic amines is 1. The summed E-state index contributed by atoms with van der Waals surface area (Å²) in [7, 11) is 0. The summed E-state index contributed by atoms with van der Waals surface area (Å²) in [4.78, 5) is 32.4. The van der Waals surface area contributed by atoms with Gasteiger partial charge < -0.3 is 19.9 Å². The minimum absolute atomic E-state index is 0.0733. The van der Waals surface area contributed by atoms with Gasteiger partial charge in [-0.05, 0) is 13.3 Å². The van der Waals surface area contributed by atoms with Gasteiger partial charge in [-0.25, -0.2) is 9.78 Å². The first-order valence-corrected chi connectivity index (χ1v) is 6.35. The molecular formula is C12H16N4O3. The number of H-pyrrole nitrogens is 1. The summed E-state index contributed by atoms with van der Waals surface area (Å²) in [6, 6.07) is -0.0882. The maximum Gasteiger partial charge on any atom is 0.318 e. The van der Waals surface area contributed by atoms with Gasteiger partial charge in [0.15, 0.2) is 0 Å². The van der Waals surface area contributed by atoms with Crippen LogP contribution >= 0.6 is 0 Å². The molecule has 0 spiro atoms. The monoisotopic (exact) mass is 264 g/mol.